The number of hydrazine groups is 1. The first kappa shape index (κ1) is 11.0. The number of anilines is 3. The summed E-state index contributed by atoms with van der Waals surface area (Å²) in [5, 5.41) is 2.21. The fourth-order valence-corrected chi connectivity index (χ4v) is 2.29. The lowest BCUT2D eigenvalue weighted by atomic mass is 10.2. The number of fused-ring (bicyclic) bond motifs is 1. The summed E-state index contributed by atoms with van der Waals surface area (Å²) in [5.41, 5.74) is 7.09. The molecule has 18 heavy (non-hydrogen) atoms. The van der Waals surface area contributed by atoms with Crippen molar-refractivity contribution in [2.45, 2.75) is 0 Å². The summed E-state index contributed by atoms with van der Waals surface area (Å²) >= 11 is 0. The third-order valence-electron chi connectivity index (χ3n) is 3.28. The molecule has 0 saturated heterocycles. The summed E-state index contributed by atoms with van der Waals surface area (Å²) in [7, 11) is 2.14. The minimum atomic E-state index is 0.975. The SMILES string of the molecule is CN1CCN(Nc2ccccc2)c2ccccc21. The Labute approximate surface area is 108 Å². The maximum Gasteiger partial charge on any atom is 0.0806 e. The molecule has 1 N–H and O–H groups in total. The molecule has 0 amide bonds. The van der Waals surface area contributed by atoms with E-state index in [0.29, 0.717) is 0 Å². The van der Waals surface area contributed by atoms with Crippen LogP contribution in [-0.2, 0) is 0 Å². The summed E-state index contributed by atoms with van der Waals surface area (Å²) in [6, 6.07) is 18.8. The van der Waals surface area contributed by atoms with Crippen LogP contribution in [0, 0.1) is 0 Å². The van der Waals surface area contributed by atoms with Crippen LogP contribution in [0.5, 0.6) is 0 Å². The van der Waals surface area contributed by atoms with Crippen molar-refractivity contribution >= 4 is 17.1 Å². The third-order valence-corrected chi connectivity index (χ3v) is 3.28. The number of nitrogens with zero attached hydrogens (tertiary/aromatic N) is 2. The van der Waals surface area contributed by atoms with Gasteiger partial charge in [-0.3, -0.25) is 10.4 Å². The summed E-state index contributed by atoms with van der Waals surface area (Å²) in [4.78, 5) is 2.29. The fourth-order valence-electron chi connectivity index (χ4n) is 2.29. The van der Waals surface area contributed by atoms with E-state index in [9.17, 15) is 0 Å². The van der Waals surface area contributed by atoms with Crippen molar-refractivity contribution in [1.29, 1.82) is 0 Å². The highest BCUT2D eigenvalue weighted by Gasteiger charge is 2.19. The molecule has 2 aromatic rings. The van der Waals surface area contributed by atoms with E-state index in [-0.39, 0.29) is 0 Å². The maximum atomic E-state index is 3.46. The van der Waals surface area contributed by atoms with Gasteiger partial charge in [-0.15, -0.1) is 0 Å². The molecule has 0 aliphatic carbocycles. The van der Waals surface area contributed by atoms with Gasteiger partial charge in [0.2, 0.25) is 0 Å². The molecule has 0 saturated carbocycles. The highest BCUT2D eigenvalue weighted by atomic mass is 15.5. The quantitative estimate of drug-likeness (QED) is 0.869. The van der Waals surface area contributed by atoms with E-state index in [1.54, 1.807) is 0 Å². The van der Waals surface area contributed by atoms with Crippen molar-refractivity contribution in [3.8, 4) is 0 Å². The number of hydrogen-bond donors (Lipinski definition) is 1. The Bertz CT molecular complexity index is 524. The monoisotopic (exact) mass is 239 g/mol. The number of benzene rings is 2. The van der Waals surface area contributed by atoms with Gasteiger partial charge in [0.1, 0.15) is 0 Å². The number of rotatable bonds is 2. The van der Waals surface area contributed by atoms with Crippen molar-refractivity contribution in [3.05, 3.63) is 54.6 Å². The zero-order valence-corrected chi connectivity index (χ0v) is 10.5. The van der Waals surface area contributed by atoms with Crippen LogP contribution >= 0.6 is 0 Å². The molecule has 0 aromatic heterocycles. The van der Waals surface area contributed by atoms with Crippen LogP contribution in [0.2, 0.25) is 0 Å². The molecule has 1 heterocycles. The second kappa shape index (κ2) is 4.61. The maximum absolute atomic E-state index is 3.46. The van der Waals surface area contributed by atoms with Crippen LogP contribution in [0.15, 0.2) is 54.6 Å². The van der Waals surface area contributed by atoms with E-state index in [4.69, 9.17) is 0 Å². The highest BCUT2D eigenvalue weighted by Crippen LogP contribution is 2.31. The first-order valence-electron chi connectivity index (χ1n) is 6.24. The van der Waals surface area contributed by atoms with E-state index < -0.39 is 0 Å². The van der Waals surface area contributed by atoms with Crippen LogP contribution in [0.25, 0.3) is 0 Å². The van der Waals surface area contributed by atoms with Gasteiger partial charge < -0.3 is 4.90 Å². The van der Waals surface area contributed by atoms with Gasteiger partial charge in [-0.2, -0.15) is 0 Å². The summed E-state index contributed by atoms with van der Waals surface area (Å²) < 4.78 is 0. The summed E-state index contributed by atoms with van der Waals surface area (Å²) in [6.45, 7) is 2.00. The molecule has 0 spiro atoms. The Morgan fingerprint density at radius 3 is 2.28 bits per heavy atom. The molecular weight excluding hydrogens is 222 g/mol. The van der Waals surface area contributed by atoms with Crippen LogP contribution in [-0.4, -0.2) is 20.1 Å². The van der Waals surface area contributed by atoms with Crippen LogP contribution < -0.4 is 15.3 Å². The molecule has 0 unspecified atom stereocenters. The molecule has 92 valence electrons. The topological polar surface area (TPSA) is 18.5 Å². The Morgan fingerprint density at radius 2 is 1.50 bits per heavy atom. The zero-order valence-electron chi connectivity index (χ0n) is 10.5. The molecule has 3 heteroatoms. The first-order chi connectivity index (χ1) is 8.84. The van der Waals surface area contributed by atoms with Crippen molar-refractivity contribution in [3.63, 3.8) is 0 Å². The zero-order chi connectivity index (χ0) is 12.4. The van der Waals surface area contributed by atoms with E-state index in [0.717, 1.165) is 18.8 Å². The second-order valence-corrected chi connectivity index (χ2v) is 4.54. The van der Waals surface area contributed by atoms with Gasteiger partial charge in [-0.05, 0) is 24.3 Å². The van der Waals surface area contributed by atoms with Gasteiger partial charge in [0.15, 0.2) is 0 Å². The number of nitrogens with one attached hydrogen (secondary N) is 1. The van der Waals surface area contributed by atoms with Gasteiger partial charge in [0, 0.05) is 13.6 Å². The minimum absolute atomic E-state index is 0.975. The average Bonchev–Trinajstić information content (AvgIpc) is 2.44. The number of likely N-dealkylation sites (N-methyl/N-ethyl adjacent to an activating group) is 1. The molecule has 2 aromatic carbocycles. The molecule has 0 fully saturated rings. The van der Waals surface area contributed by atoms with Crippen LogP contribution in [0.4, 0.5) is 17.1 Å². The molecule has 0 bridgehead atoms. The molecule has 0 atom stereocenters. The summed E-state index contributed by atoms with van der Waals surface area (Å²) in [5.74, 6) is 0. The average molecular weight is 239 g/mol. The predicted molar refractivity (Wildman–Crippen MR) is 77.1 cm³/mol. The van der Waals surface area contributed by atoms with Crippen molar-refractivity contribution < 1.29 is 0 Å². The van der Waals surface area contributed by atoms with Gasteiger partial charge in [-0.1, -0.05) is 30.3 Å². The lowest BCUT2D eigenvalue weighted by Crippen LogP contribution is -2.42. The summed E-state index contributed by atoms with van der Waals surface area (Å²) in [6.07, 6.45) is 0. The van der Waals surface area contributed by atoms with Crippen molar-refractivity contribution in [2.75, 3.05) is 35.5 Å². The van der Waals surface area contributed by atoms with Crippen LogP contribution in [0.1, 0.15) is 0 Å². The molecule has 1 aliphatic heterocycles. The van der Waals surface area contributed by atoms with E-state index >= 15 is 0 Å². The van der Waals surface area contributed by atoms with Gasteiger partial charge in [-0.25, -0.2) is 0 Å². The van der Waals surface area contributed by atoms with E-state index in [2.05, 4.69) is 58.8 Å². The predicted octanol–water partition coefficient (Wildman–Crippen LogP) is 2.97. The molecule has 0 radical (unpaired) electrons. The normalized spacial score (nSPS) is 14.3. The van der Waals surface area contributed by atoms with Crippen LogP contribution in [0.3, 0.4) is 0 Å². The van der Waals surface area contributed by atoms with Gasteiger partial charge >= 0.3 is 0 Å². The van der Waals surface area contributed by atoms with E-state index in [1.165, 1.54) is 11.4 Å². The Morgan fingerprint density at radius 1 is 0.833 bits per heavy atom. The van der Waals surface area contributed by atoms with E-state index in [1.807, 2.05) is 18.2 Å². The second-order valence-electron chi connectivity index (χ2n) is 4.54. The lowest BCUT2D eigenvalue weighted by Gasteiger charge is -2.37. The van der Waals surface area contributed by atoms with Gasteiger partial charge in [0.05, 0.1) is 23.6 Å². The third kappa shape index (κ3) is 1.99. The van der Waals surface area contributed by atoms with Gasteiger partial charge in [0.25, 0.3) is 0 Å². The Hall–Kier alpha value is -2.16. The largest absolute Gasteiger partial charge is 0.371 e. The molecule has 3 nitrogen and oxygen atoms in total. The Kier molecular flexibility index (Phi) is 2.81. The number of hydrogen-bond acceptors (Lipinski definition) is 3. The highest BCUT2D eigenvalue weighted by molar-refractivity contribution is 5.74. The van der Waals surface area contributed by atoms with Crippen molar-refractivity contribution in [1.82, 2.24) is 0 Å². The Balaban J connectivity index is 1.89. The molecular formula is C15H17N3. The molecule has 3 rings (SSSR count). The minimum Gasteiger partial charge on any atom is -0.371 e. The molecule has 1 aliphatic rings. The number of para-hydroxylation sites is 3. The fraction of sp³-hybridized carbons (Fsp3) is 0.200. The first-order valence-corrected chi connectivity index (χ1v) is 6.24. The smallest absolute Gasteiger partial charge is 0.0806 e. The standard InChI is InChI=1S/C15H17N3/c1-17-11-12-18(15-10-6-5-9-14(15)17)16-13-7-3-2-4-8-13/h2-10,16H,11-12H2,1H3. The lowest BCUT2D eigenvalue weighted by molar-refractivity contribution is 0.791. The van der Waals surface area contributed by atoms with Crippen molar-refractivity contribution in [2.24, 2.45) is 0 Å².